The Morgan fingerprint density at radius 1 is 0.933 bits per heavy atom. The number of nitrogens with zero attached hydrogens (tertiary/aromatic N) is 1. The number of amides is 3. The lowest BCUT2D eigenvalue weighted by atomic mass is 10.0. The summed E-state index contributed by atoms with van der Waals surface area (Å²) in [7, 11) is 0. The molecule has 4 rings (SSSR count). The van der Waals surface area contributed by atoms with Gasteiger partial charge in [0.05, 0.1) is 0 Å². The highest BCUT2D eigenvalue weighted by Gasteiger charge is 2.23. The second kappa shape index (κ2) is 9.30. The number of benzene rings is 2. The van der Waals surface area contributed by atoms with Gasteiger partial charge < -0.3 is 20.6 Å². The first kappa shape index (κ1) is 20.4. The molecule has 0 radical (unpaired) electrons. The van der Waals surface area contributed by atoms with Gasteiger partial charge in [0.2, 0.25) is 5.91 Å². The Bertz CT molecular complexity index is 904. The Labute approximate surface area is 177 Å². The van der Waals surface area contributed by atoms with Crippen molar-refractivity contribution in [1.82, 2.24) is 4.90 Å². The van der Waals surface area contributed by atoms with E-state index in [1.807, 2.05) is 36.4 Å². The summed E-state index contributed by atoms with van der Waals surface area (Å²) in [6.07, 6.45) is 6.00. The van der Waals surface area contributed by atoms with Crippen molar-refractivity contribution in [1.29, 1.82) is 0 Å². The van der Waals surface area contributed by atoms with Crippen LogP contribution in [0.2, 0.25) is 0 Å². The molecule has 0 aromatic heterocycles. The summed E-state index contributed by atoms with van der Waals surface area (Å²) in [5.41, 5.74) is 4.82. The zero-order chi connectivity index (χ0) is 20.9. The molecule has 158 valence electrons. The number of fused-ring (bicyclic) bond motifs is 1. The first-order valence-electron chi connectivity index (χ1n) is 10.8. The molecule has 0 atom stereocenters. The van der Waals surface area contributed by atoms with Crippen LogP contribution in [-0.2, 0) is 24.3 Å². The summed E-state index contributed by atoms with van der Waals surface area (Å²) in [5, 5.41) is 15.0. The maximum atomic E-state index is 12.7. The molecular weight excluding hydrogens is 378 g/mol. The number of rotatable bonds is 6. The summed E-state index contributed by atoms with van der Waals surface area (Å²) >= 11 is 0. The summed E-state index contributed by atoms with van der Waals surface area (Å²) < 4.78 is 0. The van der Waals surface area contributed by atoms with Gasteiger partial charge in [0, 0.05) is 37.5 Å². The molecule has 0 saturated heterocycles. The van der Waals surface area contributed by atoms with E-state index in [0.717, 1.165) is 35.2 Å². The third-order valence-electron chi connectivity index (χ3n) is 6.05. The van der Waals surface area contributed by atoms with Crippen LogP contribution < -0.4 is 10.6 Å². The second-order valence-corrected chi connectivity index (χ2v) is 8.34. The highest BCUT2D eigenvalue weighted by Crippen LogP contribution is 2.28. The fourth-order valence-corrected chi connectivity index (χ4v) is 4.40. The fraction of sp³-hybridized carbons (Fsp3) is 0.417. The number of anilines is 2. The molecule has 3 N–H and O–H groups in total. The smallest absolute Gasteiger partial charge is 0.322 e. The van der Waals surface area contributed by atoms with Crippen molar-refractivity contribution in [3.05, 3.63) is 59.2 Å². The zero-order valence-corrected chi connectivity index (χ0v) is 17.2. The molecule has 2 aromatic rings. The summed E-state index contributed by atoms with van der Waals surface area (Å²) in [6.45, 7) is 1.27. The normalized spacial score (nSPS) is 15.8. The number of urea groups is 1. The van der Waals surface area contributed by atoms with Crippen molar-refractivity contribution in [3.8, 4) is 0 Å². The van der Waals surface area contributed by atoms with E-state index in [2.05, 4.69) is 16.7 Å². The van der Waals surface area contributed by atoms with Crippen molar-refractivity contribution in [3.63, 3.8) is 0 Å². The number of aliphatic hydroxyl groups is 1. The molecule has 1 heterocycles. The molecule has 1 aliphatic heterocycles. The molecule has 1 aliphatic carbocycles. The lowest BCUT2D eigenvalue weighted by Crippen LogP contribution is -2.30. The second-order valence-electron chi connectivity index (χ2n) is 8.34. The summed E-state index contributed by atoms with van der Waals surface area (Å²) in [5.74, 6) is 0.585. The molecule has 3 amide bonds. The quantitative estimate of drug-likeness (QED) is 0.668. The molecule has 30 heavy (non-hydrogen) atoms. The average molecular weight is 408 g/mol. The Kier molecular flexibility index (Phi) is 6.33. The van der Waals surface area contributed by atoms with E-state index in [-0.39, 0.29) is 18.5 Å². The van der Waals surface area contributed by atoms with Crippen molar-refractivity contribution in [2.24, 2.45) is 5.92 Å². The Balaban J connectivity index is 1.29. The molecule has 0 spiro atoms. The van der Waals surface area contributed by atoms with Gasteiger partial charge in [-0.2, -0.15) is 0 Å². The number of carbonyl (C=O) groups is 2. The van der Waals surface area contributed by atoms with Crippen molar-refractivity contribution in [2.45, 2.75) is 51.6 Å². The monoisotopic (exact) mass is 407 g/mol. The van der Waals surface area contributed by atoms with Crippen LogP contribution in [0.3, 0.4) is 0 Å². The average Bonchev–Trinajstić information content (AvgIpc) is 3.39. The van der Waals surface area contributed by atoms with E-state index in [9.17, 15) is 9.59 Å². The Hall–Kier alpha value is -2.86. The molecule has 2 aromatic carbocycles. The van der Waals surface area contributed by atoms with E-state index < -0.39 is 0 Å². The number of carbonyl (C=O) groups excluding carboxylic acids is 2. The van der Waals surface area contributed by atoms with Crippen LogP contribution in [0.5, 0.6) is 0 Å². The minimum Gasteiger partial charge on any atom is -0.396 e. The SMILES string of the molecule is O=C(CC1CCCC1)Nc1ccc(NC(=O)N2Cc3ccc(CCO)cc3C2)cc1. The first-order chi connectivity index (χ1) is 14.6. The van der Waals surface area contributed by atoms with Gasteiger partial charge in [0.1, 0.15) is 0 Å². The largest absolute Gasteiger partial charge is 0.396 e. The van der Waals surface area contributed by atoms with Crippen LogP contribution >= 0.6 is 0 Å². The van der Waals surface area contributed by atoms with E-state index in [4.69, 9.17) is 5.11 Å². The summed E-state index contributed by atoms with van der Waals surface area (Å²) in [6, 6.07) is 13.2. The Morgan fingerprint density at radius 3 is 2.30 bits per heavy atom. The minimum absolute atomic E-state index is 0.0640. The van der Waals surface area contributed by atoms with Crippen LogP contribution in [0.15, 0.2) is 42.5 Å². The molecule has 1 fully saturated rings. The molecule has 2 aliphatic rings. The van der Waals surface area contributed by atoms with E-state index >= 15 is 0 Å². The lowest BCUT2D eigenvalue weighted by molar-refractivity contribution is -0.117. The molecule has 0 bridgehead atoms. The predicted molar refractivity (Wildman–Crippen MR) is 117 cm³/mol. The highest BCUT2D eigenvalue weighted by atomic mass is 16.3. The number of nitrogens with one attached hydrogen (secondary N) is 2. The van der Waals surface area contributed by atoms with Gasteiger partial charge in [-0.05, 0) is 66.1 Å². The van der Waals surface area contributed by atoms with Gasteiger partial charge in [-0.3, -0.25) is 4.79 Å². The first-order valence-corrected chi connectivity index (χ1v) is 10.8. The number of hydrogen-bond donors (Lipinski definition) is 3. The number of aliphatic hydroxyl groups excluding tert-OH is 1. The van der Waals surface area contributed by atoms with Crippen molar-refractivity contribution < 1.29 is 14.7 Å². The van der Waals surface area contributed by atoms with E-state index in [0.29, 0.717) is 37.5 Å². The predicted octanol–water partition coefficient (Wildman–Crippen LogP) is 4.29. The number of hydrogen-bond acceptors (Lipinski definition) is 3. The fourth-order valence-electron chi connectivity index (χ4n) is 4.40. The van der Waals surface area contributed by atoms with Gasteiger partial charge >= 0.3 is 6.03 Å². The summed E-state index contributed by atoms with van der Waals surface area (Å²) in [4.78, 5) is 26.6. The van der Waals surface area contributed by atoms with Gasteiger partial charge in [-0.1, -0.05) is 31.0 Å². The maximum Gasteiger partial charge on any atom is 0.322 e. The topological polar surface area (TPSA) is 81.7 Å². The zero-order valence-electron chi connectivity index (χ0n) is 17.2. The Morgan fingerprint density at radius 2 is 1.60 bits per heavy atom. The van der Waals surface area contributed by atoms with Gasteiger partial charge in [0.15, 0.2) is 0 Å². The van der Waals surface area contributed by atoms with Crippen molar-refractivity contribution in [2.75, 3.05) is 17.2 Å². The van der Waals surface area contributed by atoms with E-state index in [1.165, 1.54) is 12.8 Å². The van der Waals surface area contributed by atoms with Crippen LogP contribution in [0.4, 0.5) is 16.2 Å². The van der Waals surface area contributed by atoms with Crippen molar-refractivity contribution >= 4 is 23.3 Å². The molecule has 0 unspecified atom stereocenters. The highest BCUT2D eigenvalue weighted by molar-refractivity contribution is 5.92. The minimum atomic E-state index is -0.145. The third kappa shape index (κ3) is 5.00. The van der Waals surface area contributed by atoms with Gasteiger partial charge in [0.25, 0.3) is 0 Å². The van der Waals surface area contributed by atoms with Crippen LogP contribution in [0.1, 0.15) is 48.8 Å². The standard InChI is InChI=1S/C24H29N3O3/c28-12-11-18-5-6-19-15-27(16-20(19)13-18)24(30)26-22-9-7-21(8-10-22)25-23(29)14-17-3-1-2-4-17/h5-10,13,17,28H,1-4,11-12,14-16H2,(H,25,29)(H,26,30). The van der Waals surface area contributed by atoms with Crippen LogP contribution in [0, 0.1) is 5.92 Å². The molecule has 6 heteroatoms. The maximum absolute atomic E-state index is 12.7. The third-order valence-corrected chi connectivity index (χ3v) is 6.05. The molecule has 6 nitrogen and oxygen atoms in total. The van der Waals surface area contributed by atoms with Gasteiger partial charge in [-0.15, -0.1) is 0 Å². The lowest BCUT2D eigenvalue weighted by Gasteiger charge is -2.16. The molecular formula is C24H29N3O3. The van der Waals surface area contributed by atoms with Crippen LogP contribution in [0.25, 0.3) is 0 Å². The molecule has 1 saturated carbocycles. The van der Waals surface area contributed by atoms with Gasteiger partial charge in [-0.25, -0.2) is 4.79 Å². The van der Waals surface area contributed by atoms with E-state index in [1.54, 1.807) is 4.90 Å². The van der Waals surface area contributed by atoms with Crippen LogP contribution in [-0.4, -0.2) is 28.6 Å².